The van der Waals surface area contributed by atoms with E-state index in [1.54, 1.807) is 0 Å². The average molecular weight is 709 g/mol. The molecular weight excluding hydrogens is 624 g/mol. The maximum atomic E-state index is 12.6. The molecule has 50 heavy (non-hydrogen) atoms. The molecule has 6 heteroatoms. The van der Waals surface area contributed by atoms with Crippen molar-refractivity contribution in [1.29, 1.82) is 0 Å². The van der Waals surface area contributed by atoms with Gasteiger partial charge in [0.15, 0.2) is 6.10 Å². The molecule has 0 aliphatic heterocycles. The lowest BCUT2D eigenvalue weighted by Gasteiger charge is -2.18. The third-order valence-electron chi connectivity index (χ3n) is 9.86. The van der Waals surface area contributed by atoms with Crippen LogP contribution >= 0.6 is 0 Å². The van der Waals surface area contributed by atoms with Crippen LogP contribution in [0.5, 0.6) is 0 Å². The lowest BCUT2D eigenvalue weighted by Crippen LogP contribution is -2.30. The predicted molar refractivity (Wildman–Crippen MR) is 210 cm³/mol. The standard InChI is InChI=1S/C44H84O6/c1-4-7-10-13-16-18-19-20-21-22-23-24-25-26-27-29-31-34-37-43(46)49-40-41(39-48-42(45)36-33-30-15-12-9-6-3)50-44(47)38-35-32-28-17-14-11-8-5-2/h41H,4-40H2,1-3H3. The maximum Gasteiger partial charge on any atom is 0.306 e. The van der Waals surface area contributed by atoms with Crippen LogP contribution in [0.15, 0.2) is 0 Å². The summed E-state index contributed by atoms with van der Waals surface area (Å²) in [7, 11) is 0. The molecule has 6 nitrogen and oxygen atoms in total. The summed E-state index contributed by atoms with van der Waals surface area (Å²) in [5, 5.41) is 0. The van der Waals surface area contributed by atoms with Gasteiger partial charge in [0.1, 0.15) is 13.2 Å². The minimum Gasteiger partial charge on any atom is -0.462 e. The van der Waals surface area contributed by atoms with E-state index in [4.69, 9.17) is 14.2 Å². The average Bonchev–Trinajstić information content (AvgIpc) is 3.11. The van der Waals surface area contributed by atoms with Gasteiger partial charge < -0.3 is 14.2 Å². The van der Waals surface area contributed by atoms with Crippen molar-refractivity contribution in [3.63, 3.8) is 0 Å². The van der Waals surface area contributed by atoms with E-state index in [9.17, 15) is 14.4 Å². The molecular formula is C44H84O6. The Morgan fingerprint density at radius 3 is 0.800 bits per heavy atom. The smallest absolute Gasteiger partial charge is 0.306 e. The van der Waals surface area contributed by atoms with E-state index < -0.39 is 6.10 Å². The molecule has 0 aromatic rings. The molecule has 0 fully saturated rings. The quantitative estimate of drug-likeness (QED) is 0.0358. The van der Waals surface area contributed by atoms with Crippen LogP contribution in [0.1, 0.15) is 245 Å². The van der Waals surface area contributed by atoms with E-state index in [1.807, 2.05) is 0 Å². The first-order valence-corrected chi connectivity index (χ1v) is 22.0. The van der Waals surface area contributed by atoms with Crippen molar-refractivity contribution >= 4 is 17.9 Å². The second-order valence-electron chi connectivity index (χ2n) is 15.0. The number of esters is 3. The van der Waals surface area contributed by atoms with E-state index in [0.29, 0.717) is 19.3 Å². The van der Waals surface area contributed by atoms with E-state index in [0.717, 1.165) is 57.8 Å². The van der Waals surface area contributed by atoms with Crippen molar-refractivity contribution in [3.05, 3.63) is 0 Å². The van der Waals surface area contributed by atoms with Gasteiger partial charge in [-0.15, -0.1) is 0 Å². The van der Waals surface area contributed by atoms with Gasteiger partial charge in [-0.1, -0.05) is 207 Å². The molecule has 0 N–H and O–H groups in total. The number of ether oxygens (including phenoxy) is 3. The number of hydrogen-bond donors (Lipinski definition) is 0. The Morgan fingerprint density at radius 1 is 0.320 bits per heavy atom. The van der Waals surface area contributed by atoms with Crippen molar-refractivity contribution in [3.8, 4) is 0 Å². The Labute approximate surface area is 310 Å². The Hall–Kier alpha value is -1.59. The molecule has 296 valence electrons. The Kier molecular flexibility index (Phi) is 38.9. The van der Waals surface area contributed by atoms with E-state index in [-0.39, 0.29) is 31.1 Å². The van der Waals surface area contributed by atoms with Gasteiger partial charge in [-0.05, 0) is 19.3 Å². The van der Waals surface area contributed by atoms with Gasteiger partial charge in [-0.2, -0.15) is 0 Å². The van der Waals surface area contributed by atoms with E-state index in [1.165, 1.54) is 148 Å². The maximum absolute atomic E-state index is 12.6. The van der Waals surface area contributed by atoms with Crippen LogP contribution in [-0.4, -0.2) is 37.2 Å². The highest BCUT2D eigenvalue weighted by Gasteiger charge is 2.19. The summed E-state index contributed by atoms with van der Waals surface area (Å²) in [6.45, 7) is 6.56. The molecule has 0 heterocycles. The second-order valence-corrected chi connectivity index (χ2v) is 15.0. The molecule has 0 aliphatic carbocycles. The van der Waals surface area contributed by atoms with Crippen molar-refractivity contribution < 1.29 is 28.6 Å². The number of carbonyl (C=O) groups is 3. The summed E-state index contributed by atoms with van der Waals surface area (Å²) < 4.78 is 16.6. The molecule has 0 radical (unpaired) electrons. The third-order valence-corrected chi connectivity index (χ3v) is 9.86. The summed E-state index contributed by atoms with van der Waals surface area (Å²) >= 11 is 0. The van der Waals surface area contributed by atoms with Gasteiger partial charge in [0.05, 0.1) is 0 Å². The first kappa shape index (κ1) is 48.4. The molecule has 0 saturated heterocycles. The monoisotopic (exact) mass is 709 g/mol. The van der Waals surface area contributed by atoms with Gasteiger partial charge >= 0.3 is 17.9 Å². The van der Waals surface area contributed by atoms with E-state index in [2.05, 4.69) is 20.8 Å². The number of hydrogen-bond acceptors (Lipinski definition) is 6. The fraction of sp³-hybridized carbons (Fsp3) is 0.932. The zero-order chi connectivity index (χ0) is 36.6. The molecule has 0 rings (SSSR count). The Bertz CT molecular complexity index is 738. The molecule has 0 amide bonds. The van der Waals surface area contributed by atoms with Crippen molar-refractivity contribution in [2.45, 2.75) is 252 Å². The van der Waals surface area contributed by atoms with Crippen LogP contribution in [-0.2, 0) is 28.6 Å². The molecule has 0 aromatic heterocycles. The summed E-state index contributed by atoms with van der Waals surface area (Å²) in [5.74, 6) is -0.869. The minimum atomic E-state index is -0.755. The zero-order valence-electron chi connectivity index (χ0n) is 33.7. The lowest BCUT2D eigenvalue weighted by atomic mass is 10.0. The summed E-state index contributed by atoms with van der Waals surface area (Å²) in [5.41, 5.74) is 0. The van der Waals surface area contributed by atoms with Crippen LogP contribution in [0, 0.1) is 0 Å². The minimum absolute atomic E-state index is 0.0641. The molecule has 0 bridgehead atoms. The van der Waals surface area contributed by atoms with Gasteiger partial charge in [-0.3, -0.25) is 14.4 Å². The van der Waals surface area contributed by atoms with Crippen LogP contribution in [0.4, 0.5) is 0 Å². The highest BCUT2D eigenvalue weighted by molar-refractivity contribution is 5.71. The zero-order valence-corrected chi connectivity index (χ0v) is 33.7. The molecule has 0 spiro atoms. The van der Waals surface area contributed by atoms with Crippen LogP contribution in [0.25, 0.3) is 0 Å². The Balaban J connectivity index is 4.11. The van der Waals surface area contributed by atoms with E-state index >= 15 is 0 Å². The second kappa shape index (κ2) is 40.2. The van der Waals surface area contributed by atoms with Gasteiger partial charge in [0, 0.05) is 19.3 Å². The Morgan fingerprint density at radius 2 is 0.540 bits per heavy atom. The number of rotatable bonds is 40. The largest absolute Gasteiger partial charge is 0.462 e. The first-order chi connectivity index (χ1) is 24.5. The van der Waals surface area contributed by atoms with Crippen LogP contribution < -0.4 is 0 Å². The summed E-state index contributed by atoms with van der Waals surface area (Å²) in [4.78, 5) is 37.3. The molecule has 0 aliphatic rings. The summed E-state index contributed by atoms with van der Waals surface area (Å²) in [6, 6.07) is 0. The SMILES string of the molecule is CCCCCCCCCCCCCCCCCCCCC(=O)OCC(COC(=O)CCCCCCCC)OC(=O)CCCCCCCCCC. The molecule has 1 atom stereocenters. The number of carbonyl (C=O) groups excluding carboxylic acids is 3. The van der Waals surface area contributed by atoms with Gasteiger partial charge in [0.25, 0.3) is 0 Å². The third kappa shape index (κ3) is 37.7. The van der Waals surface area contributed by atoms with Crippen LogP contribution in [0.2, 0.25) is 0 Å². The highest BCUT2D eigenvalue weighted by atomic mass is 16.6. The lowest BCUT2D eigenvalue weighted by molar-refractivity contribution is -0.167. The molecule has 0 saturated carbocycles. The van der Waals surface area contributed by atoms with Crippen molar-refractivity contribution in [1.82, 2.24) is 0 Å². The summed E-state index contributed by atoms with van der Waals surface area (Å²) in [6.07, 6.45) is 39.7. The first-order valence-electron chi connectivity index (χ1n) is 22.0. The highest BCUT2D eigenvalue weighted by Crippen LogP contribution is 2.16. The van der Waals surface area contributed by atoms with Crippen LogP contribution in [0.3, 0.4) is 0 Å². The fourth-order valence-electron chi connectivity index (χ4n) is 6.50. The fourth-order valence-corrected chi connectivity index (χ4v) is 6.50. The number of unbranched alkanes of at least 4 members (excludes halogenated alkanes) is 29. The molecule has 0 aromatic carbocycles. The van der Waals surface area contributed by atoms with Crippen molar-refractivity contribution in [2.75, 3.05) is 13.2 Å². The van der Waals surface area contributed by atoms with Gasteiger partial charge in [-0.25, -0.2) is 0 Å². The van der Waals surface area contributed by atoms with Gasteiger partial charge in [0.2, 0.25) is 0 Å². The topological polar surface area (TPSA) is 78.9 Å². The predicted octanol–water partition coefficient (Wildman–Crippen LogP) is 13.7. The molecule has 1 unspecified atom stereocenters. The normalized spacial score (nSPS) is 11.8. The van der Waals surface area contributed by atoms with Crippen molar-refractivity contribution in [2.24, 2.45) is 0 Å².